The Hall–Kier alpha value is -1.85. The van der Waals surface area contributed by atoms with Gasteiger partial charge in [-0.1, -0.05) is 18.2 Å². The molecule has 26 heavy (non-hydrogen) atoms. The molecule has 3 heterocycles. The van der Waals surface area contributed by atoms with Gasteiger partial charge in [0.15, 0.2) is 0 Å². The molecule has 0 amide bonds. The van der Waals surface area contributed by atoms with Gasteiger partial charge in [-0.3, -0.25) is 9.69 Å². The predicted molar refractivity (Wildman–Crippen MR) is 98.7 cm³/mol. The summed E-state index contributed by atoms with van der Waals surface area (Å²) >= 11 is 0. The van der Waals surface area contributed by atoms with Gasteiger partial charge >= 0.3 is 5.97 Å². The molecule has 3 aliphatic rings. The summed E-state index contributed by atoms with van der Waals surface area (Å²) in [6, 6.07) is 8.83. The lowest BCUT2D eigenvalue weighted by atomic mass is 9.65. The van der Waals surface area contributed by atoms with Crippen molar-refractivity contribution in [3.63, 3.8) is 0 Å². The van der Waals surface area contributed by atoms with Crippen molar-refractivity contribution in [1.82, 2.24) is 9.88 Å². The van der Waals surface area contributed by atoms with Gasteiger partial charge in [0.2, 0.25) is 0 Å². The Bertz CT molecular complexity index is 845. The van der Waals surface area contributed by atoms with Gasteiger partial charge in [-0.15, -0.1) is 0 Å². The van der Waals surface area contributed by atoms with E-state index in [1.807, 2.05) is 0 Å². The zero-order valence-electron chi connectivity index (χ0n) is 15.1. The molecule has 0 radical (unpaired) electrons. The summed E-state index contributed by atoms with van der Waals surface area (Å²) in [5.41, 5.74) is 3.96. The topological polar surface area (TPSA) is 65.6 Å². The number of methoxy groups -OCH3 is 1. The number of para-hydroxylation sites is 1. The Morgan fingerprint density at radius 2 is 2.15 bits per heavy atom. The third-order valence-corrected chi connectivity index (χ3v) is 7.02. The molecule has 5 heteroatoms. The van der Waals surface area contributed by atoms with Crippen LogP contribution in [0.3, 0.4) is 0 Å². The van der Waals surface area contributed by atoms with Crippen molar-refractivity contribution >= 4 is 16.9 Å². The van der Waals surface area contributed by atoms with Gasteiger partial charge in [-0.2, -0.15) is 0 Å². The predicted octanol–water partition coefficient (Wildman–Crippen LogP) is 2.65. The molecular weight excluding hydrogens is 328 g/mol. The number of fused-ring (bicyclic) bond motifs is 6. The zero-order chi connectivity index (χ0) is 17.8. The number of aromatic amines is 1. The monoisotopic (exact) mass is 354 g/mol. The first-order chi connectivity index (χ1) is 12.7. The van der Waals surface area contributed by atoms with Gasteiger partial charge in [-0.05, 0) is 49.1 Å². The van der Waals surface area contributed by atoms with E-state index in [2.05, 4.69) is 34.1 Å². The lowest BCUT2D eigenvalue weighted by molar-refractivity contribution is -0.160. The summed E-state index contributed by atoms with van der Waals surface area (Å²) in [4.78, 5) is 18.6. The standard InChI is InChI=1S/C21H26N2O3/c1-26-21(25)19-15-10-17-20-14(13-4-2-3-5-16(13)22-20)8-9-23(17)11-12(15)6-7-18(19)24/h2-5,12,15,17-19,22,24H,6-11H2,1H3/t12-,15-,17?,18?,19?/m0/s1. The van der Waals surface area contributed by atoms with Crippen LogP contribution in [-0.4, -0.2) is 47.3 Å². The van der Waals surface area contributed by atoms with Gasteiger partial charge in [0.1, 0.15) is 0 Å². The van der Waals surface area contributed by atoms with E-state index in [1.165, 1.54) is 29.3 Å². The molecule has 0 spiro atoms. The second kappa shape index (κ2) is 6.10. The van der Waals surface area contributed by atoms with E-state index < -0.39 is 6.10 Å². The SMILES string of the molecule is COC(=O)C1C(O)CC[C@H]2CN3CCc4c([nH]c5ccccc45)C3C[C@H]12. The number of carbonyl (C=O) groups is 1. The van der Waals surface area contributed by atoms with E-state index in [9.17, 15) is 9.90 Å². The number of piperidine rings is 1. The van der Waals surface area contributed by atoms with Crippen LogP contribution in [0.25, 0.3) is 10.9 Å². The van der Waals surface area contributed by atoms with Crippen LogP contribution in [0.4, 0.5) is 0 Å². The molecule has 0 bridgehead atoms. The minimum Gasteiger partial charge on any atom is -0.469 e. The number of nitrogens with zero attached hydrogens (tertiary/aromatic N) is 1. The summed E-state index contributed by atoms with van der Waals surface area (Å²) in [6.07, 6.45) is 3.14. The average molecular weight is 354 g/mol. The molecule has 5 nitrogen and oxygen atoms in total. The fraction of sp³-hybridized carbons (Fsp3) is 0.571. The van der Waals surface area contributed by atoms with Crippen LogP contribution < -0.4 is 0 Å². The van der Waals surface area contributed by atoms with E-state index in [0.717, 1.165) is 32.4 Å². The molecule has 1 aromatic carbocycles. The first-order valence-corrected chi connectivity index (χ1v) is 9.76. The highest BCUT2D eigenvalue weighted by molar-refractivity contribution is 5.85. The van der Waals surface area contributed by atoms with E-state index >= 15 is 0 Å². The van der Waals surface area contributed by atoms with Crippen LogP contribution in [0.5, 0.6) is 0 Å². The van der Waals surface area contributed by atoms with E-state index in [-0.39, 0.29) is 17.8 Å². The molecule has 5 atom stereocenters. The van der Waals surface area contributed by atoms with E-state index in [0.29, 0.717) is 18.4 Å². The van der Waals surface area contributed by atoms with Crippen LogP contribution in [0.15, 0.2) is 24.3 Å². The fourth-order valence-corrected chi connectivity index (χ4v) is 5.80. The van der Waals surface area contributed by atoms with Crippen LogP contribution in [0, 0.1) is 17.8 Å². The van der Waals surface area contributed by atoms with E-state index in [4.69, 9.17) is 4.74 Å². The number of benzene rings is 1. The number of hydrogen-bond acceptors (Lipinski definition) is 4. The highest BCUT2D eigenvalue weighted by Gasteiger charge is 2.49. The number of carbonyl (C=O) groups excluding carboxylic acids is 1. The third-order valence-electron chi connectivity index (χ3n) is 7.02. The van der Waals surface area contributed by atoms with Crippen molar-refractivity contribution < 1.29 is 14.6 Å². The van der Waals surface area contributed by atoms with Crippen molar-refractivity contribution in [3.05, 3.63) is 35.5 Å². The van der Waals surface area contributed by atoms with E-state index in [1.54, 1.807) is 0 Å². The molecule has 5 rings (SSSR count). The summed E-state index contributed by atoms with van der Waals surface area (Å²) in [6.45, 7) is 2.10. The molecule has 1 aliphatic carbocycles. The van der Waals surface area contributed by atoms with Crippen LogP contribution in [0.2, 0.25) is 0 Å². The second-order valence-electron chi connectivity index (χ2n) is 8.18. The number of ether oxygens (including phenoxy) is 1. The Kier molecular flexibility index (Phi) is 3.83. The Labute approximate surface area is 153 Å². The number of H-pyrrole nitrogens is 1. The minimum absolute atomic E-state index is 0.199. The maximum atomic E-state index is 12.4. The van der Waals surface area contributed by atoms with Crippen molar-refractivity contribution in [1.29, 1.82) is 0 Å². The van der Waals surface area contributed by atoms with Crippen LogP contribution in [0.1, 0.15) is 36.6 Å². The average Bonchev–Trinajstić information content (AvgIpc) is 3.05. The van der Waals surface area contributed by atoms with Crippen LogP contribution in [-0.2, 0) is 16.0 Å². The number of esters is 1. The second-order valence-corrected chi connectivity index (χ2v) is 8.18. The van der Waals surface area contributed by atoms with Gasteiger partial charge in [0.25, 0.3) is 0 Å². The maximum absolute atomic E-state index is 12.4. The van der Waals surface area contributed by atoms with Gasteiger partial charge < -0.3 is 14.8 Å². The normalized spacial score (nSPS) is 34.0. The van der Waals surface area contributed by atoms with Crippen molar-refractivity contribution in [2.45, 2.75) is 37.8 Å². The molecule has 3 unspecified atom stereocenters. The molecule has 2 aromatic rings. The van der Waals surface area contributed by atoms with Gasteiger partial charge in [0.05, 0.1) is 25.2 Å². The Morgan fingerprint density at radius 3 is 3.00 bits per heavy atom. The van der Waals surface area contributed by atoms with Crippen LogP contribution >= 0.6 is 0 Å². The zero-order valence-corrected chi connectivity index (χ0v) is 15.1. The minimum atomic E-state index is -0.568. The smallest absolute Gasteiger partial charge is 0.311 e. The number of aromatic nitrogens is 1. The van der Waals surface area contributed by atoms with Gasteiger partial charge in [-0.25, -0.2) is 0 Å². The summed E-state index contributed by atoms with van der Waals surface area (Å²) in [7, 11) is 1.43. The summed E-state index contributed by atoms with van der Waals surface area (Å²) < 4.78 is 5.04. The molecule has 1 aromatic heterocycles. The Balaban J connectivity index is 1.52. The number of aliphatic hydroxyl groups excluding tert-OH is 1. The highest BCUT2D eigenvalue weighted by Crippen LogP contribution is 2.49. The molecule has 2 N–H and O–H groups in total. The molecule has 1 saturated heterocycles. The summed E-state index contributed by atoms with van der Waals surface area (Å²) in [5.74, 6) is 0.0541. The quantitative estimate of drug-likeness (QED) is 0.773. The fourth-order valence-electron chi connectivity index (χ4n) is 5.80. The van der Waals surface area contributed by atoms with Crippen molar-refractivity contribution in [2.24, 2.45) is 17.8 Å². The Morgan fingerprint density at radius 1 is 1.31 bits per heavy atom. The summed E-state index contributed by atoms with van der Waals surface area (Å²) in [5, 5.41) is 11.8. The largest absolute Gasteiger partial charge is 0.469 e. The highest BCUT2D eigenvalue weighted by atomic mass is 16.5. The lowest BCUT2D eigenvalue weighted by Gasteiger charge is -2.50. The number of hydrogen-bond donors (Lipinski definition) is 2. The molecule has 2 fully saturated rings. The number of nitrogens with one attached hydrogen (secondary N) is 1. The molecule has 1 saturated carbocycles. The number of aliphatic hydroxyl groups is 1. The van der Waals surface area contributed by atoms with Gasteiger partial charge in [0, 0.05) is 29.7 Å². The van der Waals surface area contributed by atoms with Crippen molar-refractivity contribution in [3.8, 4) is 0 Å². The molecule has 2 aliphatic heterocycles. The molecule has 138 valence electrons. The first-order valence-electron chi connectivity index (χ1n) is 9.76. The molecular formula is C21H26N2O3. The van der Waals surface area contributed by atoms with Crippen molar-refractivity contribution in [2.75, 3.05) is 20.2 Å². The third kappa shape index (κ3) is 2.33. The lowest BCUT2D eigenvalue weighted by Crippen LogP contribution is -2.53. The number of rotatable bonds is 1. The first kappa shape index (κ1) is 16.3. The maximum Gasteiger partial charge on any atom is 0.311 e.